The van der Waals surface area contributed by atoms with Gasteiger partial charge >= 0.3 is 0 Å². The van der Waals surface area contributed by atoms with Crippen molar-refractivity contribution in [3.8, 4) is 16.9 Å². The van der Waals surface area contributed by atoms with E-state index in [2.05, 4.69) is 36.7 Å². The minimum Gasteiger partial charge on any atom is -0.496 e. The van der Waals surface area contributed by atoms with Crippen molar-refractivity contribution in [2.75, 3.05) is 47.9 Å². The van der Waals surface area contributed by atoms with Crippen molar-refractivity contribution in [2.24, 2.45) is 10.7 Å². The van der Waals surface area contributed by atoms with Gasteiger partial charge in [-0.3, -0.25) is 4.79 Å². The number of methoxy groups -OCH3 is 1. The van der Waals surface area contributed by atoms with Crippen LogP contribution in [0.25, 0.3) is 23.3 Å². The van der Waals surface area contributed by atoms with Crippen LogP contribution in [0.1, 0.15) is 54.6 Å². The standard InChI is InChI=1S/C31H38N4O3.C2H7N/c1-6-11-35(12-7-2)22(3)26-17-28-29(33-31(32)20-26)18-27(19-30(28)38-5)23-8-9-25(21-37)24(16-23)10-13-34(4)14-15-36;1-3-2/h8-10,13,15-19,21H,3,6-7,11-12,14,20H2,1-2,4-5H3,(H2,32,33);3H,1-2H3/b13-10-;. The molecule has 0 unspecified atom stereocenters. The van der Waals surface area contributed by atoms with E-state index in [0.29, 0.717) is 23.6 Å². The molecule has 0 bridgehead atoms. The zero-order chi connectivity index (χ0) is 30.4. The van der Waals surface area contributed by atoms with Crippen LogP contribution in [-0.4, -0.2) is 76.1 Å². The first-order chi connectivity index (χ1) is 19.8. The van der Waals surface area contributed by atoms with Crippen LogP contribution in [0.4, 0.5) is 5.69 Å². The molecule has 0 saturated carbocycles. The number of nitrogens with two attached hydrogens (primary N) is 1. The second-order valence-corrected chi connectivity index (χ2v) is 9.88. The molecule has 0 atom stereocenters. The lowest BCUT2D eigenvalue weighted by Crippen LogP contribution is -2.26. The molecule has 3 N–H and O–H groups in total. The lowest BCUT2D eigenvalue weighted by atomic mass is 9.96. The maximum Gasteiger partial charge on any atom is 0.150 e. The third kappa shape index (κ3) is 9.18. The number of amidine groups is 1. The molecule has 1 aliphatic rings. The molecule has 2 aromatic carbocycles. The summed E-state index contributed by atoms with van der Waals surface area (Å²) >= 11 is 0. The predicted octanol–water partition coefficient (Wildman–Crippen LogP) is 5.52. The van der Waals surface area contributed by atoms with Crippen molar-refractivity contribution < 1.29 is 14.3 Å². The van der Waals surface area contributed by atoms with Crippen molar-refractivity contribution in [1.29, 1.82) is 0 Å². The molecule has 1 aliphatic heterocycles. The van der Waals surface area contributed by atoms with Crippen molar-refractivity contribution in [2.45, 2.75) is 33.1 Å². The average Bonchev–Trinajstić information content (AvgIpc) is 3.13. The number of allylic oxidation sites excluding steroid dienone is 1. The molecule has 220 valence electrons. The molecule has 0 spiro atoms. The Labute approximate surface area is 245 Å². The van der Waals surface area contributed by atoms with Crippen LogP contribution in [-0.2, 0) is 4.79 Å². The van der Waals surface area contributed by atoms with Crippen LogP contribution in [0.2, 0.25) is 0 Å². The first kappa shape index (κ1) is 33.0. The molecular weight excluding hydrogens is 514 g/mol. The largest absolute Gasteiger partial charge is 0.496 e. The van der Waals surface area contributed by atoms with Crippen molar-refractivity contribution >= 4 is 36.2 Å². The van der Waals surface area contributed by atoms with E-state index in [0.717, 1.165) is 77.7 Å². The molecule has 41 heavy (non-hydrogen) atoms. The number of carbonyl (C=O) groups excluding carboxylic acids is 2. The molecule has 2 aromatic rings. The fourth-order valence-electron chi connectivity index (χ4n) is 4.50. The van der Waals surface area contributed by atoms with Gasteiger partial charge in [0.05, 0.1) is 19.3 Å². The lowest BCUT2D eigenvalue weighted by Gasteiger charge is -2.27. The zero-order valence-corrected chi connectivity index (χ0v) is 25.4. The summed E-state index contributed by atoms with van der Waals surface area (Å²) in [6.07, 6.45) is 9.93. The summed E-state index contributed by atoms with van der Waals surface area (Å²) in [6, 6.07) is 9.60. The summed E-state index contributed by atoms with van der Waals surface area (Å²) in [5.41, 5.74) is 13.1. The Kier molecular flexibility index (Phi) is 13.6. The number of nitrogens with one attached hydrogen (secondary N) is 1. The number of hydrogen-bond acceptors (Lipinski definition) is 8. The Hall–Kier alpha value is -4.17. The Bertz CT molecular complexity index is 1290. The zero-order valence-electron chi connectivity index (χ0n) is 25.4. The first-order valence-electron chi connectivity index (χ1n) is 14.0. The van der Waals surface area contributed by atoms with Crippen LogP contribution in [0.15, 0.2) is 59.4 Å². The van der Waals surface area contributed by atoms with E-state index in [4.69, 9.17) is 15.5 Å². The Morgan fingerprint density at radius 3 is 2.37 bits per heavy atom. The third-order valence-electron chi connectivity index (χ3n) is 6.45. The van der Waals surface area contributed by atoms with Crippen molar-refractivity contribution in [1.82, 2.24) is 15.1 Å². The number of aliphatic imine (C=N–C) groups is 1. The molecule has 0 fully saturated rings. The molecule has 0 amide bonds. The maximum atomic E-state index is 11.7. The smallest absolute Gasteiger partial charge is 0.150 e. The number of ether oxygens (including phenoxy) is 1. The third-order valence-corrected chi connectivity index (χ3v) is 6.45. The van der Waals surface area contributed by atoms with E-state index >= 15 is 0 Å². The van der Waals surface area contributed by atoms with Crippen LogP contribution in [0.5, 0.6) is 5.75 Å². The van der Waals surface area contributed by atoms with Gasteiger partial charge in [-0.05, 0) is 85.8 Å². The molecule has 0 radical (unpaired) electrons. The number of likely N-dealkylation sites (N-methyl/N-ethyl adjacent to an activating group) is 1. The van der Waals surface area contributed by atoms with Gasteiger partial charge in [0.1, 0.15) is 17.9 Å². The highest BCUT2D eigenvalue weighted by molar-refractivity contribution is 5.93. The summed E-state index contributed by atoms with van der Waals surface area (Å²) < 4.78 is 5.82. The van der Waals surface area contributed by atoms with Crippen LogP contribution >= 0.6 is 0 Å². The van der Waals surface area contributed by atoms with Gasteiger partial charge in [-0.1, -0.05) is 32.6 Å². The Balaban J connectivity index is 0.00000187. The second kappa shape index (κ2) is 16.8. The van der Waals surface area contributed by atoms with Gasteiger partial charge in [-0.2, -0.15) is 0 Å². The summed E-state index contributed by atoms with van der Waals surface area (Å²) in [5, 5.41) is 2.75. The van der Waals surface area contributed by atoms with E-state index in [1.54, 1.807) is 31.3 Å². The minimum atomic E-state index is 0.268. The molecule has 0 saturated heterocycles. The highest BCUT2D eigenvalue weighted by atomic mass is 16.5. The summed E-state index contributed by atoms with van der Waals surface area (Å²) in [5.74, 6) is 1.20. The quantitative estimate of drug-likeness (QED) is 0.312. The molecule has 0 aliphatic carbocycles. The van der Waals surface area contributed by atoms with Gasteiger partial charge in [0.25, 0.3) is 0 Å². The highest BCUT2D eigenvalue weighted by Crippen LogP contribution is 2.40. The number of carbonyl (C=O) groups is 2. The fourth-order valence-corrected chi connectivity index (χ4v) is 4.50. The number of rotatable bonds is 13. The van der Waals surface area contributed by atoms with Crippen LogP contribution in [0.3, 0.4) is 0 Å². The van der Waals surface area contributed by atoms with Gasteiger partial charge in [0, 0.05) is 43.4 Å². The van der Waals surface area contributed by atoms with Gasteiger partial charge in [-0.25, -0.2) is 4.99 Å². The number of nitrogens with zero attached hydrogens (tertiary/aromatic N) is 3. The maximum absolute atomic E-state index is 11.7. The van der Waals surface area contributed by atoms with Gasteiger partial charge in [0.2, 0.25) is 0 Å². The molecule has 8 heteroatoms. The number of aldehydes is 2. The normalized spacial score (nSPS) is 12.2. The fraction of sp³-hybridized carbons (Fsp3) is 0.364. The van der Waals surface area contributed by atoms with Gasteiger partial charge < -0.3 is 30.4 Å². The van der Waals surface area contributed by atoms with E-state index in [1.165, 1.54) is 0 Å². The van der Waals surface area contributed by atoms with Crippen molar-refractivity contribution in [3.05, 3.63) is 71.1 Å². The average molecular weight is 560 g/mol. The minimum absolute atomic E-state index is 0.268. The summed E-state index contributed by atoms with van der Waals surface area (Å²) in [7, 11) is 7.20. The molecule has 3 rings (SSSR count). The van der Waals surface area contributed by atoms with E-state index in [9.17, 15) is 9.59 Å². The van der Waals surface area contributed by atoms with Gasteiger partial charge in [0.15, 0.2) is 6.29 Å². The number of hydrogen-bond donors (Lipinski definition) is 2. The summed E-state index contributed by atoms with van der Waals surface area (Å²) in [6.45, 7) is 10.9. The second-order valence-electron chi connectivity index (χ2n) is 9.88. The topological polar surface area (TPSA) is 100 Å². The predicted molar refractivity (Wildman–Crippen MR) is 172 cm³/mol. The molecular formula is C33H45N5O3. The van der Waals surface area contributed by atoms with Crippen molar-refractivity contribution in [3.63, 3.8) is 0 Å². The first-order valence-corrected chi connectivity index (χ1v) is 14.0. The molecule has 8 nitrogen and oxygen atoms in total. The van der Waals surface area contributed by atoms with E-state index < -0.39 is 0 Å². The van der Waals surface area contributed by atoms with E-state index in [-0.39, 0.29) is 6.54 Å². The van der Waals surface area contributed by atoms with Gasteiger partial charge in [-0.15, -0.1) is 0 Å². The monoisotopic (exact) mass is 559 g/mol. The number of fused-ring (bicyclic) bond motifs is 1. The molecule has 0 aromatic heterocycles. The lowest BCUT2D eigenvalue weighted by molar-refractivity contribution is -0.108. The van der Waals surface area contributed by atoms with Crippen LogP contribution in [0, 0.1) is 0 Å². The SMILES string of the molecule is C=C(C1=Cc2c(cc(-c3ccc(C=O)c(/C=C\N(C)CC=O)c3)cc2OC)N=C(N)C1)N(CCC)CCC.CNC. The molecule has 1 heterocycles. The highest BCUT2D eigenvalue weighted by Gasteiger charge is 2.20. The van der Waals surface area contributed by atoms with E-state index in [1.807, 2.05) is 44.4 Å². The Morgan fingerprint density at radius 2 is 1.78 bits per heavy atom. The van der Waals surface area contributed by atoms with Crippen LogP contribution < -0.4 is 15.8 Å². The summed E-state index contributed by atoms with van der Waals surface area (Å²) in [4.78, 5) is 31.2. The Morgan fingerprint density at radius 1 is 1.10 bits per heavy atom. The number of benzene rings is 2.